The van der Waals surface area contributed by atoms with Crippen LogP contribution < -0.4 is 0 Å². The lowest BCUT2D eigenvalue weighted by molar-refractivity contribution is 0.0889. The molecule has 0 radical (unpaired) electrons. The van der Waals surface area contributed by atoms with Gasteiger partial charge in [-0.2, -0.15) is 0 Å². The molecule has 1 aromatic rings. The van der Waals surface area contributed by atoms with Crippen LogP contribution in [0.4, 0.5) is 0 Å². The molecule has 0 saturated carbocycles. The summed E-state index contributed by atoms with van der Waals surface area (Å²) in [5, 5.41) is 0. The van der Waals surface area contributed by atoms with Crippen LogP contribution >= 0.6 is 0 Å². The van der Waals surface area contributed by atoms with Crippen molar-refractivity contribution in [3.8, 4) is 0 Å². The van der Waals surface area contributed by atoms with Gasteiger partial charge in [0.1, 0.15) is 0 Å². The van der Waals surface area contributed by atoms with E-state index in [4.69, 9.17) is 0 Å². The summed E-state index contributed by atoms with van der Waals surface area (Å²) in [6.45, 7) is 1.21. The predicted octanol–water partition coefficient (Wildman–Crippen LogP) is 1.15. The van der Waals surface area contributed by atoms with Crippen molar-refractivity contribution in [3.05, 3.63) is 46.7 Å². The van der Waals surface area contributed by atoms with E-state index < -0.39 is 0 Å². The van der Waals surface area contributed by atoms with Gasteiger partial charge in [0.25, 0.3) is 0 Å². The van der Waals surface area contributed by atoms with Gasteiger partial charge in [0.05, 0.1) is 12.4 Å². The third-order valence-corrected chi connectivity index (χ3v) is 3.45. The van der Waals surface area contributed by atoms with E-state index in [1.807, 2.05) is 23.9 Å². The first kappa shape index (κ1) is 11.2. The van der Waals surface area contributed by atoms with Crippen LogP contribution in [0.5, 0.6) is 0 Å². The number of likely N-dealkylation sites (N-methyl/N-ethyl adjacent to an activating group) is 2. The minimum absolute atomic E-state index is 0.0152. The Morgan fingerprint density at radius 2 is 1.61 bits per heavy atom. The van der Waals surface area contributed by atoms with E-state index in [0.29, 0.717) is 35.6 Å². The van der Waals surface area contributed by atoms with Gasteiger partial charge in [0.15, 0.2) is 5.78 Å². The van der Waals surface area contributed by atoms with Gasteiger partial charge in [-0.05, 0) is 7.05 Å². The maximum atomic E-state index is 12.4. The molecule has 1 aromatic carbocycles. The molecular formula is C14H14N2O2. The van der Waals surface area contributed by atoms with Crippen molar-refractivity contribution in [3.63, 3.8) is 0 Å². The Hall–Kier alpha value is -1.94. The number of rotatable bonds is 0. The normalized spacial score (nSPS) is 20.0. The summed E-state index contributed by atoms with van der Waals surface area (Å²) in [7, 11) is 3.79. The number of benzene rings is 1. The highest BCUT2D eigenvalue weighted by Gasteiger charge is 2.36. The van der Waals surface area contributed by atoms with Gasteiger partial charge in [0.2, 0.25) is 5.78 Å². The molecule has 4 heteroatoms. The highest BCUT2D eigenvalue weighted by molar-refractivity contribution is 6.26. The largest absolute Gasteiger partial charge is 0.358 e. The van der Waals surface area contributed by atoms with Crippen LogP contribution in [-0.2, 0) is 0 Å². The van der Waals surface area contributed by atoms with Crippen LogP contribution in [0.25, 0.3) is 0 Å². The molecule has 92 valence electrons. The molecule has 0 amide bonds. The van der Waals surface area contributed by atoms with E-state index >= 15 is 0 Å². The summed E-state index contributed by atoms with van der Waals surface area (Å²) in [5.74, 6) is -0.0469. The summed E-state index contributed by atoms with van der Waals surface area (Å²) < 4.78 is 0. The second-order valence-electron chi connectivity index (χ2n) is 4.88. The van der Waals surface area contributed by atoms with Crippen LogP contribution in [0.3, 0.4) is 0 Å². The van der Waals surface area contributed by atoms with Crippen LogP contribution in [0.15, 0.2) is 35.5 Å². The molecular weight excluding hydrogens is 228 g/mol. The molecule has 0 fully saturated rings. The monoisotopic (exact) mass is 242 g/mol. The zero-order valence-electron chi connectivity index (χ0n) is 10.4. The minimum Gasteiger partial charge on any atom is -0.358 e. The number of ketones is 2. The van der Waals surface area contributed by atoms with E-state index in [9.17, 15) is 9.59 Å². The second-order valence-corrected chi connectivity index (χ2v) is 4.88. The van der Waals surface area contributed by atoms with Crippen molar-refractivity contribution in [1.82, 2.24) is 9.80 Å². The third-order valence-electron chi connectivity index (χ3n) is 3.45. The molecule has 0 bridgehead atoms. The lowest BCUT2D eigenvalue weighted by Crippen LogP contribution is -2.45. The molecule has 0 unspecified atom stereocenters. The molecule has 4 nitrogen and oxygen atoms in total. The van der Waals surface area contributed by atoms with E-state index in [1.54, 1.807) is 24.3 Å². The van der Waals surface area contributed by atoms with E-state index in [2.05, 4.69) is 0 Å². The second kappa shape index (κ2) is 3.78. The zero-order valence-corrected chi connectivity index (χ0v) is 10.4. The molecule has 1 heterocycles. The Kier molecular flexibility index (Phi) is 2.35. The Labute approximate surface area is 105 Å². The first-order valence-corrected chi connectivity index (χ1v) is 5.91. The third kappa shape index (κ3) is 1.42. The Balaban J connectivity index is 2.20. The first-order valence-electron chi connectivity index (χ1n) is 5.91. The highest BCUT2D eigenvalue weighted by atomic mass is 16.1. The van der Waals surface area contributed by atoms with Crippen molar-refractivity contribution in [1.29, 1.82) is 0 Å². The first-order chi connectivity index (χ1) is 8.59. The van der Waals surface area contributed by atoms with Crippen LogP contribution in [0, 0.1) is 0 Å². The Morgan fingerprint density at radius 1 is 1.00 bits per heavy atom. The summed E-state index contributed by atoms with van der Waals surface area (Å²) >= 11 is 0. The smallest absolute Gasteiger partial charge is 0.210 e. The SMILES string of the molecule is CN1CC2=C(C(=O)c3ccccc3C2=O)N(C)C1. The topological polar surface area (TPSA) is 40.6 Å². The molecule has 18 heavy (non-hydrogen) atoms. The van der Waals surface area contributed by atoms with Gasteiger partial charge in [-0.25, -0.2) is 0 Å². The Bertz CT molecular complexity index is 589. The van der Waals surface area contributed by atoms with Gasteiger partial charge in [-0.1, -0.05) is 24.3 Å². The van der Waals surface area contributed by atoms with E-state index in [0.717, 1.165) is 0 Å². The van der Waals surface area contributed by atoms with Crippen LogP contribution in [0.2, 0.25) is 0 Å². The van der Waals surface area contributed by atoms with Gasteiger partial charge < -0.3 is 4.90 Å². The van der Waals surface area contributed by atoms with E-state index in [1.165, 1.54) is 0 Å². The molecule has 1 aliphatic carbocycles. The molecule has 3 rings (SSSR count). The highest BCUT2D eigenvalue weighted by Crippen LogP contribution is 2.30. The van der Waals surface area contributed by atoms with Gasteiger partial charge in [-0.15, -0.1) is 0 Å². The fraction of sp³-hybridized carbons (Fsp3) is 0.286. The summed E-state index contributed by atoms with van der Waals surface area (Å²) in [6, 6.07) is 7.05. The fourth-order valence-corrected chi connectivity index (χ4v) is 2.72. The number of nitrogens with zero attached hydrogens (tertiary/aromatic N) is 2. The number of fused-ring (bicyclic) bond motifs is 1. The zero-order chi connectivity index (χ0) is 12.9. The van der Waals surface area contributed by atoms with Crippen LogP contribution in [-0.4, -0.2) is 48.7 Å². The lowest BCUT2D eigenvalue weighted by Gasteiger charge is -2.37. The molecule has 0 spiro atoms. The molecule has 0 atom stereocenters. The van der Waals surface area contributed by atoms with Crippen molar-refractivity contribution in [2.75, 3.05) is 27.3 Å². The maximum absolute atomic E-state index is 12.4. The predicted molar refractivity (Wildman–Crippen MR) is 67.4 cm³/mol. The van der Waals surface area contributed by atoms with Crippen LogP contribution in [0.1, 0.15) is 20.7 Å². The standard InChI is InChI=1S/C14H14N2O2/c1-15-7-11-12(16(2)8-15)14(18)10-6-4-3-5-9(10)13(11)17/h3-6H,7-8H2,1-2H3. The average Bonchev–Trinajstić information content (AvgIpc) is 2.35. The fourth-order valence-electron chi connectivity index (χ4n) is 2.72. The lowest BCUT2D eigenvalue weighted by atomic mass is 9.85. The number of Topliss-reactive ketones (excluding diaryl/α,β-unsaturated/α-hetero) is 2. The number of allylic oxidation sites excluding steroid dienone is 1. The van der Waals surface area contributed by atoms with Gasteiger partial charge in [0, 0.05) is 30.3 Å². The van der Waals surface area contributed by atoms with Crippen molar-refractivity contribution >= 4 is 11.6 Å². The number of hydrogen-bond donors (Lipinski definition) is 0. The minimum atomic E-state index is -0.0317. The number of carbonyl (C=O) groups is 2. The van der Waals surface area contributed by atoms with Crippen molar-refractivity contribution < 1.29 is 9.59 Å². The maximum Gasteiger partial charge on any atom is 0.210 e. The molecule has 1 aliphatic heterocycles. The molecule has 0 aromatic heterocycles. The number of carbonyl (C=O) groups excluding carboxylic acids is 2. The summed E-state index contributed by atoms with van der Waals surface area (Å²) in [4.78, 5) is 28.7. The van der Waals surface area contributed by atoms with Gasteiger partial charge >= 0.3 is 0 Å². The summed E-state index contributed by atoms with van der Waals surface area (Å²) in [5.41, 5.74) is 2.24. The van der Waals surface area contributed by atoms with Crippen molar-refractivity contribution in [2.24, 2.45) is 0 Å². The van der Waals surface area contributed by atoms with Gasteiger partial charge in [-0.3, -0.25) is 14.5 Å². The number of hydrogen-bond acceptors (Lipinski definition) is 4. The quantitative estimate of drug-likeness (QED) is 0.684. The van der Waals surface area contributed by atoms with E-state index in [-0.39, 0.29) is 11.6 Å². The Morgan fingerprint density at radius 3 is 2.28 bits per heavy atom. The summed E-state index contributed by atoms with van der Waals surface area (Å²) in [6.07, 6.45) is 0. The van der Waals surface area contributed by atoms with Crippen molar-refractivity contribution in [2.45, 2.75) is 0 Å². The molecule has 2 aliphatic rings. The molecule has 0 N–H and O–H groups in total. The average molecular weight is 242 g/mol. The molecule has 0 saturated heterocycles.